The van der Waals surface area contributed by atoms with Crippen LogP contribution < -0.4 is 0 Å². The number of non-ortho nitro benzene ring substituents is 1. The van der Waals surface area contributed by atoms with Gasteiger partial charge in [0.1, 0.15) is 0 Å². The first-order valence-electron chi connectivity index (χ1n) is 9.23. The zero-order chi connectivity index (χ0) is 18.5. The van der Waals surface area contributed by atoms with Gasteiger partial charge in [0.25, 0.3) is 5.69 Å². The Morgan fingerprint density at radius 1 is 1.12 bits per heavy atom. The summed E-state index contributed by atoms with van der Waals surface area (Å²) in [5.41, 5.74) is 2.65. The fourth-order valence-electron chi connectivity index (χ4n) is 3.99. The van der Waals surface area contributed by atoms with Crippen molar-refractivity contribution in [3.8, 4) is 0 Å². The predicted molar refractivity (Wildman–Crippen MR) is 104 cm³/mol. The summed E-state index contributed by atoms with van der Waals surface area (Å²) in [5, 5.41) is 10.8. The van der Waals surface area contributed by atoms with E-state index in [-0.39, 0.29) is 10.6 Å². The van der Waals surface area contributed by atoms with Crippen LogP contribution in [-0.2, 0) is 13.1 Å². The molecule has 1 fully saturated rings. The van der Waals surface area contributed by atoms with E-state index in [4.69, 9.17) is 0 Å². The van der Waals surface area contributed by atoms with Gasteiger partial charge in [0, 0.05) is 37.8 Å². The Morgan fingerprint density at radius 3 is 2.42 bits per heavy atom. The Morgan fingerprint density at radius 2 is 1.81 bits per heavy atom. The average Bonchev–Trinajstić information content (AvgIpc) is 2.63. The molecule has 0 radical (unpaired) electrons. The number of benzene rings is 2. The smallest absolute Gasteiger partial charge is 0.269 e. The Labute approximate surface area is 155 Å². The molecule has 3 rings (SSSR count). The van der Waals surface area contributed by atoms with Crippen molar-refractivity contribution in [3.05, 3.63) is 75.8 Å². The van der Waals surface area contributed by atoms with Crippen molar-refractivity contribution < 1.29 is 4.92 Å². The lowest BCUT2D eigenvalue weighted by atomic mass is 9.92. The van der Waals surface area contributed by atoms with Crippen LogP contribution in [0, 0.1) is 16.0 Å². The zero-order valence-electron chi connectivity index (χ0n) is 15.5. The van der Waals surface area contributed by atoms with Crippen molar-refractivity contribution in [3.63, 3.8) is 0 Å². The van der Waals surface area contributed by atoms with Crippen molar-refractivity contribution in [1.29, 1.82) is 0 Å². The van der Waals surface area contributed by atoms with Crippen LogP contribution in [0.25, 0.3) is 0 Å². The van der Waals surface area contributed by atoms with Gasteiger partial charge >= 0.3 is 0 Å². The van der Waals surface area contributed by atoms with Gasteiger partial charge in [-0.15, -0.1) is 0 Å². The molecule has 2 aromatic rings. The fraction of sp³-hybridized carbons (Fsp3) is 0.429. The van der Waals surface area contributed by atoms with Gasteiger partial charge in [-0.25, -0.2) is 0 Å². The number of nitro benzene ring substituents is 1. The summed E-state index contributed by atoms with van der Waals surface area (Å²) >= 11 is 0. The van der Waals surface area contributed by atoms with E-state index in [1.165, 1.54) is 5.56 Å². The summed E-state index contributed by atoms with van der Waals surface area (Å²) in [5.74, 6) is 0.593. The van der Waals surface area contributed by atoms with Crippen LogP contribution >= 0.6 is 0 Å². The van der Waals surface area contributed by atoms with E-state index in [2.05, 4.69) is 54.1 Å². The molecule has 0 aliphatic carbocycles. The maximum Gasteiger partial charge on any atom is 0.269 e. The van der Waals surface area contributed by atoms with Gasteiger partial charge in [0.05, 0.1) is 4.92 Å². The molecule has 0 unspecified atom stereocenters. The number of nitro groups is 1. The summed E-state index contributed by atoms with van der Waals surface area (Å²) in [7, 11) is 2.16. The molecule has 1 saturated heterocycles. The first kappa shape index (κ1) is 18.5. The summed E-state index contributed by atoms with van der Waals surface area (Å²) in [6, 6.07) is 18.1. The lowest BCUT2D eigenvalue weighted by molar-refractivity contribution is -0.384. The normalized spacial score (nSPS) is 21.0. The molecule has 1 aliphatic heterocycles. The first-order valence-corrected chi connectivity index (χ1v) is 9.23. The standard InChI is InChI=1S/C21H27N3O2/c1-17-14-23(16-18-6-4-3-5-7-18)13-12-21(17)22(2)15-19-8-10-20(11-9-19)24(25)26/h3-11,17,21H,12-16H2,1-2H3/t17-,21+/m1/s1. The quantitative estimate of drug-likeness (QED) is 0.583. The minimum atomic E-state index is -0.349. The zero-order valence-corrected chi connectivity index (χ0v) is 15.5. The molecular formula is C21H27N3O2. The highest BCUT2D eigenvalue weighted by Crippen LogP contribution is 2.24. The number of hydrogen-bond acceptors (Lipinski definition) is 4. The molecule has 0 bridgehead atoms. The van der Waals surface area contributed by atoms with E-state index in [9.17, 15) is 10.1 Å². The van der Waals surface area contributed by atoms with Crippen molar-refractivity contribution in [1.82, 2.24) is 9.80 Å². The molecule has 0 aromatic heterocycles. The van der Waals surface area contributed by atoms with Crippen LogP contribution in [0.1, 0.15) is 24.5 Å². The third-order valence-electron chi connectivity index (χ3n) is 5.34. The molecule has 2 atom stereocenters. The maximum absolute atomic E-state index is 10.8. The molecule has 138 valence electrons. The third kappa shape index (κ3) is 4.68. The van der Waals surface area contributed by atoms with E-state index in [0.717, 1.165) is 38.2 Å². The van der Waals surface area contributed by atoms with E-state index in [0.29, 0.717) is 12.0 Å². The Hall–Kier alpha value is -2.24. The molecule has 1 heterocycles. The summed E-state index contributed by atoms with van der Waals surface area (Å²) < 4.78 is 0. The van der Waals surface area contributed by atoms with Crippen LogP contribution in [0.15, 0.2) is 54.6 Å². The van der Waals surface area contributed by atoms with Crippen LogP contribution in [0.4, 0.5) is 5.69 Å². The molecule has 2 aromatic carbocycles. The van der Waals surface area contributed by atoms with Crippen molar-refractivity contribution in [2.24, 2.45) is 5.92 Å². The Balaban J connectivity index is 1.54. The molecule has 1 aliphatic rings. The summed E-state index contributed by atoms with van der Waals surface area (Å²) in [6.45, 7) is 6.38. The van der Waals surface area contributed by atoms with Gasteiger partial charge in [-0.2, -0.15) is 0 Å². The van der Waals surface area contributed by atoms with Crippen LogP contribution in [0.5, 0.6) is 0 Å². The van der Waals surface area contributed by atoms with E-state index in [1.54, 1.807) is 12.1 Å². The van der Waals surface area contributed by atoms with Crippen molar-refractivity contribution >= 4 is 5.69 Å². The molecule has 5 nitrogen and oxygen atoms in total. The second-order valence-electron chi connectivity index (χ2n) is 7.39. The molecular weight excluding hydrogens is 326 g/mol. The summed E-state index contributed by atoms with van der Waals surface area (Å²) in [4.78, 5) is 15.4. The number of likely N-dealkylation sites (tertiary alicyclic amines) is 1. The van der Waals surface area contributed by atoms with Gasteiger partial charge < -0.3 is 0 Å². The molecule has 0 spiro atoms. The van der Waals surface area contributed by atoms with Gasteiger partial charge in [0.15, 0.2) is 0 Å². The Bertz CT molecular complexity index is 718. The van der Waals surface area contributed by atoms with E-state index in [1.807, 2.05) is 12.1 Å². The maximum atomic E-state index is 10.8. The van der Waals surface area contributed by atoms with E-state index < -0.39 is 0 Å². The van der Waals surface area contributed by atoms with Gasteiger partial charge in [-0.3, -0.25) is 19.9 Å². The SMILES string of the molecule is C[C@@H]1CN(Cc2ccccc2)CC[C@@H]1N(C)Cc1ccc([N+](=O)[O-])cc1. The fourth-order valence-corrected chi connectivity index (χ4v) is 3.99. The number of nitrogens with zero attached hydrogens (tertiary/aromatic N) is 3. The highest BCUT2D eigenvalue weighted by Gasteiger charge is 2.28. The van der Waals surface area contributed by atoms with E-state index >= 15 is 0 Å². The van der Waals surface area contributed by atoms with Gasteiger partial charge in [-0.1, -0.05) is 49.4 Å². The predicted octanol–water partition coefficient (Wildman–Crippen LogP) is 3.94. The largest absolute Gasteiger partial charge is 0.299 e. The molecule has 26 heavy (non-hydrogen) atoms. The van der Waals surface area contributed by atoms with Crippen LogP contribution in [-0.4, -0.2) is 40.9 Å². The molecule has 0 N–H and O–H groups in total. The second kappa shape index (κ2) is 8.43. The lowest BCUT2D eigenvalue weighted by Gasteiger charge is -2.41. The average molecular weight is 353 g/mol. The number of piperidine rings is 1. The van der Waals surface area contributed by atoms with Gasteiger partial charge in [-0.05, 0) is 37.1 Å². The first-order chi connectivity index (χ1) is 12.5. The van der Waals surface area contributed by atoms with Crippen LogP contribution in [0.3, 0.4) is 0 Å². The minimum Gasteiger partial charge on any atom is -0.299 e. The minimum absolute atomic E-state index is 0.152. The third-order valence-corrected chi connectivity index (χ3v) is 5.34. The van der Waals surface area contributed by atoms with Crippen molar-refractivity contribution in [2.75, 3.05) is 20.1 Å². The second-order valence-corrected chi connectivity index (χ2v) is 7.39. The van der Waals surface area contributed by atoms with Gasteiger partial charge in [0.2, 0.25) is 0 Å². The number of rotatable bonds is 6. The van der Waals surface area contributed by atoms with Crippen LogP contribution in [0.2, 0.25) is 0 Å². The summed E-state index contributed by atoms with van der Waals surface area (Å²) in [6.07, 6.45) is 1.15. The van der Waals surface area contributed by atoms with Crippen molar-refractivity contribution in [2.45, 2.75) is 32.5 Å². The molecule has 5 heteroatoms. The molecule has 0 amide bonds. The highest BCUT2D eigenvalue weighted by atomic mass is 16.6. The highest BCUT2D eigenvalue weighted by molar-refractivity contribution is 5.32. The Kier molecular flexibility index (Phi) is 6.01. The monoisotopic (exact) mass is 353 g/mol. The topological polar surface area (TPSA) is 49.6 Å². The molecule has 0 saturated carbocycles. The lowest BCUT2D eigenvalue weighted by Crippen LogP contribution is -2.48. The number of hydrogen-bond donors (Lipinski definition) is 0.